The molecule has 0 aliphatic carbocycles. The van der Waals surface area contributed by atoms with Gasteiger partial charge in [-0.15, -0.1) is 24.0 Å². The van der Waals surface area contributed by atoms with Gasteiger partial charge in [0.1, 0.15) is 0 Å². The topological polar surface area (TPSA) is 55.3 Å². The molecular weight excluding hydrogens is 421 g/mol. The zero-order valence-corrected chi connectivity index (χ0v) is 17.6. The molecule has 0 radical (unpaired) electrons. The predicted octanol–water partition coefficient (Wildman–Crippen LogP) is 2.41. The molecule has 0 saturated carbocycles. The Bertz CT molecular complexity index is 498. The van der Waals surface area contributed by atoms with Crippen LogP contribution in [0.15, 0.2) is 23.2 Å². The molecule has 24 heavy (non-hydrogen) atoms. The van der Waals surface area contributed by atoms with Gasteiger partial charge in [-0.3, -0.25) is 4.99 Å². The predicted molar refractivity (Wildman–Crippen MR) is 109 cm³/mol. The minimum Gasteiger partial charge on any atom is -0.493 e. The van der Waals surface area contributed by atoms with Gasteiger partial charge in [0.2, 0.25) is 0 Å². The Morgan fingerprint density at radius 2 is 1.88 bits per heavy atom. The summed E-state index contributed by atoms with van der Waals surface area (Å²) in [7, 11) is 7.02. The van der Waals surface area contributed by atoms with Crippen molar-refractivity contribution in [3.63, 3.8) is 0 Å². The summed E-state index contributed by atoms with van der Waals surface area (Å²) in [6, 6.07) is 6.01. The summed E-state index contributed by atoms with van der Waals surface area (Å²) in [6.45, 7) is 5.03. The van der Waals surface area contributed by atoms with Gasteiger partial charge in [-0.05, 0) is 31.0 Å². The molecule has 0 aliphatic rings. The third kappa shape index (κ3) is 7.57. The molecule has 0 aliphatic heterocycles. The highest BCUT2D eigenvalue weighted by molar-refractivity contribution is 14.0. The van der Waals surface area contributed by atoms with Crippen LogP contribution >= 0.6 is 24.0 Å². The van der Waals surface area contributed by atoms with Crippen LogP contribution in [0.2, 0.25) is 0 Å². The van der Waals surface area contributed by atoms with Crippen LogP contribution < -0.4 is 14.8 Å². The summed E-state index contributed by atoms with van der Waals surface area (Å²) in [5.74, 6) is 2.40. The smallest absolute Gasteiger partial charge is 0.193 e. The maximum atomic E-state index is 5.35. The number of guanidine groups is 1. The van der Waals surface area contributed by atoms with Crippen LogP contribution in [0.3, 0.4) is 0 Å². The van der Waals surface area contributed by atoms with Crippen molar-refractivity contribution in [1.82, 2.24) is 10.2 Å². The number of methoxy groups -OCH3 is 3. The van der Waals surface area contributed by atoms with Crippen LogP contribution in [-0.4, -0.2) is 65.5 Å². The number of rotatable bonds is 9. The largest absolute Gasteiger partial charge is 0.493 e. The molecule has 0 atom stereocenters. The van der Waals surface area contributed by atoms with Crippen LogP contribution in [0.25, 0.3) is 0 Å². The quantitative estimate of drug-likeness (QED) is 0.271. The van der Waals surface area contributed by atoms with E-state index in [-0.39, 0.29) is 24.0 Å². The van der Waals surface area contributed by atoms with Crippen molar-refractivity contribution < 1.29 is 14.2 Å². The van der Waals surface area contributed by atoms with E-state index in [0.29, 0.717) is 13.2 Å². The molecule has 1 rings (SSSR count). The lowest BCUT2D eigenvalue weighted by atomic mass is 10.1. The summed E-state index contributed by atoms with van der Waals surface area (Å²) in [6.07, 6.45) is 0.894. The lowest BCUT2D eigenvalue weighted by molar-refractivity contribution is 0.207. The number of nitrogens with one attached hydrogen (secondary N) is 1. The van der Waals surface area contributed by atoms with Gasteiger partial charge >= 0.3 is 0 Å². The number of benzene rings is 1. The lowest BCUT2D eigenvalue weighted by Crippen LogP contribution is -2.40. The van der Waals surface area contributed by atoms with Gasteiger partial charge in [-0.1, -0.05) is 6.07 Å². The van der Waals surface area contributed by atoms with Crippen molar-refractivity contribution in [3.8, 4) is 11.5 Å². The standard InChI is InChI=1S/C17H29N3O3.HI/c1-6-18-17(19-10-12-21-3)20(2)11-9-14-7-8-15(22-4)16(13-14)23-5;/h7-8,13H,6,9-12H2,1-5H3,(H,18,19);1H. The van der Waals surface area contributed by atoms with Crippen molar-refractivity contribution in [2.75, 3.05) is 54.6 Å². The Morgan fingerprint density at radius 3 is 2.46 bits per heavy atom. The number of likely N-dealkylation sites (N-methyl/N-ethyl adjacent to an activating group) is 1. The first-order chi connectivity index (χ1) is 11.2. The molecule has 0 unspecified atom stereocenters. The third-order valence-corrected chi connectivity index (χ3v) is 3.44. The zero-order valence-electron chi connectivity index (χ0n) is 15.3. The summed E-state index contributed by atoms with van der Waals surface area (Å²) in [5, 5.41) is 3.29. The molecule has 1 N–H and O–H groups in total. The maximum absolute atomic E-state index is 5.35. The zero-order chi connectivity index (χ0) is 17.1. The van der Waals surface area contributed by atoms with E-state index in [2.05, 4.69) is 28.2 Å². The molecule has 1 aromatic carbocycles. The Labute approximate surface area is 162 Å². The van der Waals surface area contributed by atoms with Gasteiger partial charge in [0.25, 0.3) is 0 Å². The van der Waals surface area contributed by atoms with E-state index in [0.717, 1.165) is 37.0 Å². The van der Waals surface area contributed by atoms with Crippen molar-refractivity contribution >= 4 is 29.9 Å². The minimum atomic E-state index is 0. The van der Waals surface area contributed by atoms with Crippen LogP contribution in [-0.2, 0) is 11.2 Å². The average Bonchev–Trinajstić information content (AvgIpc) is 2.58. The van der Waals surface area contributed by atoms with E-state index in [9.17, 15) is 0 Å². The summed E-state index contributed by atoms with van der Waals surface area (Å²) >= 11 is 0. The van der Waals surface area contributed by atoms with E-state index in [1.165, 1.54) is 5.56 Å². The van der Waals surface area contributed by atoms with E-state index in [1.807, 2.05) is 19.2 Å². The molecule has 0 spiro atoms. The monoisotopic (exact) mass is 451 g/mol. The fourth-order valence-electron chi connectivity index (χ4n) is 2.15. The maximum Gasteiger partial charge on any atom is 0.193 e. The molecule has 0 bridgehead atoms. The highest BCUT2D eigenvalue weighted by Crippen LogP contribution is 2.27. The van der Waals surface area contributed by atoms with Crippen LogP contribution in [0.5, 0.6) is 11.5 Å². The molecular formula is C17H30IN3O3. The molecule has 0 heterocycles. The lowest BCUT2D eigenvalue weighted by Gasteiger charge is -2.22. The van der Waals surface area contributed by atoms with E-state index in [4.69, 9.17) is 14.2 Å². The Balaban J connectivity index is 0.00000529. The van der Waals surface area contributed by atoms with E-state index in [1.54, 1.807) is 21.3 Å². The van der Waals surface area contributed by atoms with Crippen molar-refractivity contribution in [1.29, 1.82) is 0 Å². The average molecular weight is 451 g/mol. The fraction of sp³-hybridized carbons (Fsp3) is 0.588. The van der Waals surface area contributed by atoms with Gasteiger partial charge in [0.05, 0.1) is 27.4 Å². The first-order valence-electron chi connectivity index (χ1n) is 7.85. The Morgan fingerprint density at radius 1 is 1.17 bits per heavy atom. The molecule has 0 aromatic heterocycles. The van der Waals surface area contributed by atoms with Crippen LogP contribution in [0, 0.1) is 0 Å². The van der Waals surface area contributed by atoms with Crippen molar-refractivity contribution in [2.24, 2.45) is 4.99 Å². The number of ether oxygens (including phenoxy) is 3. The molecule has 0 saturated heterocycles. The molecule has 6 nitrogen and oxygen atoms in total. The Kier molecular flexibility index (Phi) is 12.4. The normalized spacial score (nSPS) is 10.8. The SMILES string of the molecule is CCNC(=NCCOC)N(C)CCc1ccc(OC)c(OC)c1.I. The van der Waals surface area contributed by atoms with Gasteiger partial charge in [-0.25, -0.2) is 0 Å². The number of hydrogen-bond donors (Lipinski definition) is 1. The van der Waals surface area contributed by atoms with Gasteiger partial charge in [0, 0.05) is 27.2 Å². The first kappa shape index (κ1) is 22.8. The molecule has 138 valence electrons. The van der Waals surface area contributed by atoms with Crippen LogP contribution in [0.4, 0.5) is 0 Å². The second-order valence-corrected chi connectivity index (χ2v) is 5.09. The number of hydrogen-bond acceptors (Lipinski definition) is 4. The number of aliphatic imine (C=N–C) groups is 1. The van der Waals surface area contributed by atoms with Crippen LogP contribution in [0.1, 0.15) is 12.5 Å². The Hall–Kier alpha value is -1.22. The number of halogens is 1. The molecule has 0 fully saturated rings. The third-order valence-electron chi connectivity index (χ3n) is 3.44. The molecule has 7 heteroatoms. The van der Waals surface area contributed by atoms with E-state index < -0.39 is 0 Å². The minimum absolute atomic E-state index is 0. The highest BCUT2D eigenvalue weighted by atomic mass is 127. The summed E-state index contributed by atoms with van der Waals surface area (Å²) in [5.41, 5.74) is 1.20. The van der Waals surface area contributed by atoms with E-state index >= 15 is 0 Å². The van der Waals surface area contributed by atoms with Gasteiger partial charge in [-0.2, -0.15) is 0 Å². The number of nitrogens with zero attached hydrogens (tertiary/aromatic N) is 2. The van der Waals surface area contributed by atoms with Crippen molar-refractivity contribution in [3.05, 3.63) is 23.8 Å². The summed E-state index contributed by atoms with van der Waals surface area (Å²) in [4.78, 5) is 6.66. The fourth-order valence-corrected chi connectivity index (χ4v) is 2.15. The van der Waals surface area contributed by atoms with Crippen molar-refractivity contribution in [2.45, 2.75) is 13.3 Å². The van der Waals surface area contributed by atoms with Gasteiger partial charge < -0.3 is 24.4 Å². The second kappa shape index (κ2) is 13.1. The first-order valence-corrected chi connectivity index (χ1v) is 7.85. The second-order valence-electron chi connectivity index (χ2n) is 5.09. The molecule has 0 amide bonds. The van der Waals surface area contributed by atoms with Gasteiger partial charge in [0.15, 0.2) is 17.5 Å². The highest BCUT2D eigenvalue weighted by Gasteiger charge is 2.08. The molecule has 1 aromatic rings. The summed E-state index contributed by atoms with van der Waals surface area (Å²) < 4.78 is 15.7.